The number of aromatic nitrogens is 2. The number of rotatable bonds is 4. The summed E-state index contributed by atoms with van der Waals surface area (Å²) in [5.74, 6) is -0.0520. The number of hydrogen-bond acceptors (Lipinski definition) is 3. The van der Waals surface area contributed by atoms with Crippen molar-refractivity contribution in [3.05, 3.63) is 46.7 Å². The highest BCUT2D eigenvalue weighted by molar-refractivity contribution is 6.30. The Morgan fingerprint density at radius 1 is 1.52 bits per heavy atom. The van der Waals surface area contributed by atoms with Crippen LogP contribution in [0.25, 0.3) is 5.69 Å². The number of carbonyl (C=O) groups is 1. The fourth-order valence-corrected chi connectivity index (χ4v) is 3.16. The first-order valence-corrected chi connectivity index (χ1v) is 8.41. The van der Waals surface area contributed by atoms with E-state index in [9.17, 15) is 4.79 Å². The summed E-state index contributed by atoms with van der Waals surface area (Å²) in [4.78, 5) is 12.6. The molecule has 6 heteroatoms. The van der Waals surface area contributed by atoms with Crippen LogP contribution in [0.2, 0.25) is 5.02 Å². The average molecular weight is 333 g/mol. The zero-order valence-corrected chi connectivity index (χ0v) is 13.9. The fraction of sp³-hybridized carbons (Fsp3) is 0.412. The Bertz CT molecular complexity index is 692. The zero-order valence-electron chi connectivity index (χ0n) is 13.2. The lowest BCUT2D eigenvalue weighted by Gasteiger charge is -2.23. The Morgan fingerprint density at radius 3 is 3.09 bits per heavy atom. The first-order valence-electron chi connectivity index (χ1n) is 8.03. The molecular formula is C17H21ClN4O. The molecule has 1 aromatic heterocycles. The molecule has 0 aliphatic carbocycles. The SMILES string of the molecule is CCc1c(C(=O)N[C@H]2CCCNC2)cnn1-c1cccc(Cl)c1. The Kier molecular flexibility index (Phi) is 4.98. The Morgan fingerprint density at radius 2 is 2.39 bits per heavy atom. The van der Waals surface area contributed by atoms with Crippen molar-refractivity contribution < 1.29 is 4.79 Å². The fourth-order valence-electron chi connectivity index (χ4n) is 2.97. The van der Waals surface area contributed by atoms with Crippen LogP contribution < -0.4 is 10.6 Å². The van der Waals surface area contributed by atoms with Gasteiger partial charge in [0.25, 0.3) is 5.91 Å². The molecule has 5 nitrogen and oxygen atoms in total. The third kappa shape index (κ3) is 3.57. The van der Waals surface area contributed by atoms with E-state index in [0.717, 1.165) is 43.7 Å². The van der Waals surface area contributed by atoms with Gasteiger partial charge in [-0.05, 0) is 44.0 Å². The van der Waals surface area contributed by atoms with Crippen molar-refractivity contribution in [3.8, 4) is 5.69 Å². The smallest absolute Gasteiger partial charge is 0.255 e. The van der Waals surface area contributed by atoms with Crippen molar-refractivity contribution >= 4 is 17.5 Å². The van der Waals surface area contributed by atoms with Gasteiger partial charge in [0.1, 0.15) is 0 Å². The van der Waals surface area contributed by atoms with Crippen molar-refractivity contribution in [2.75, 3.05) is 13.1 Å². The molecule has 2 aromatic rings. The van der Waals surface area contributed by atoms with E-state index in [1.807, 2.05) is 31.2 Å². The molecule has 1 aliphatic heterocycles. The highest BCUT2D eigenvalue weighted by atomic mass is 35.5. The molecule has 2 heterocycles. The van der Waals surface area contributed by atoms with Crippen LogP contribution in [0.1, 0.15) is 35.8 Å². The van der Waals surface area contributed by atoms with Crippen molar-refractivity contribution in [3.63, 3.8) is 0 Å². The van der Waals surface area contributed by atoms with Crippen LogP contribution in [0.3, 0.4) is 0 Å². The quantitative estimate of drug-likeness (QED) is 0.904. The lowest BCUT2D eigenvalue weighted by atomic mass is 10.1. The molecule has 0 radical (unpaired) electrons. The van der Waals surface area contributed by atoms with Crippen LogP contribution in [0.5, 0.6) is 0 Å². The summed E-state index contributed by atoms with van der Waals surface area (Å²) in [5.41, 5.74) is 2.40. The van der Waals surface area contributed by atoms with Gasteiger partial charge in [-0.15, -0.1) is 0 Å². The monoisotopic (exact) mass is 332 g/mol. The van der Waals surface area contributed by atoms with E-state index in [-0.39, 0.29) is 11.9 Å². The molecule has 2 N–H and O–H groups in total. The maximum Gasteiger partial charge on any atom is 0.255 e. The molecule has 3 rings (SSSR count). The predicted octanol–water partition coefficient (Wildman–Crippen LogP) is 2.57. The largest absolute Gasteiger partial charge is 0.348 e. The van der Waals surface area contributed by atoms with E-state index in [1.165, 1.54) is 0 Å². The van der Waals surface area contributed by atoms with Crippen LogP contribution >= 0.6 is 11.6 Å². The number of nitrogens with one attached hydrogen (secondary N) is 2. The van der Waals surface area contributed by atoms with Gasteiger partial charge in [0.2, 0.25) is 0 Å². The number of amides is 1. The van der Waals surface area contributed by atoms with E-state index >= 15 is 0 Å². The molecule has 23 heavy (non-hydrogen) atoms. The highest BCUT2D eigenvalue weighted by Crippen LogP contribution is 2.19. The lowest BCUT2D eigenvalue weighted by molar-refractivity contribution is 0.0929. The van der Waals surface area contributed by atoms with E-state index in [2.05, 4.69) is 15.7 Å². The molecular weight excluding hydrogens is 312 g/mol. The van der Waals surface area contributed by atoms with E-state index < -0.39 is 0 Å². The third-order valence-electron chi connectivity index (χ3n) is 4.13. The second-order valence-electron chi connectivity index (χ2n) is 5.77. The van der Waals surface area contributed by atoms with Gasteiger partial charge in [-0.25, -0.2) is 4.68 Å². The van der Waals surface area contributed by atoms with Crippen LogP contribution in [0.4, 0.5) is 0 Å². The Hall–Kier alpha value is -1.85. The van der Waals surface area contributed by atoms with Gasteiger partial charge in [-0.2, -0.15) is 5.10 Å². The predicted molar refractivity (Wildman–Crippen MR) is 91.3 cm³/mol. The zero-order chi connectivity index (χ0) is 16.2. The maximum atomic E-state index is 12.6. The van der Waals surface area contributed by atoms with Gasteiger partial charge in [-0.1, -0.05) is 24.6 Å². The molecule has 1 saturated heterocycles. The Labute approximate surface area is 141 Å². The van der Waals surface area contributed by atoms with Crippen LogP contribution in [0.15, 0.2) is 30.5 Å². The van der Waals surface area contributed by atoms with Crippen molar-refractivity contribution in [2.45, 2.75) is 32.2 Å². The summed E-state index contributed by atoms with van der Waals surface area (Å²) in [6.45, 7) is 3.88. The number of nitrogens with zero attached hydrogens (tertiary/aromatic N) is 2. The van der Waals surface area contributed by atoms with E-state index in [4.69, 9.17) is 11.6 Å². The number of benzene rings is 1. The summed E-state index contributed by atoms with van der Waals surface area (Å²) in [6, 6.07) is 7.68. The van der Waals surface area contributed by atoms with Gasteiger partial charge in [0.15, 0.2) is 0 Å². The average Bonchev–Trinajstić information content (AvgIpc) is 3.00. The minimum absolute atomic E-state index is 0.0520. The molecule has 1 atom stereocenters. The summed E-state index contributed by atoms with van der Waals surface area (Å²) in [6.07, 6.45) is 4.47. The van der Waals surface area contributed by atoms with Crippen LogP contribution in [-0.2, 0) is 6.42 Å². The molecule has 1 aromatic carbocycles. The number of hydrogen-bond donors (Lipinski definition) is 2. The maximum absolute atomic E-state index is 12.6. The van der Waals surface area contributed by atoms with Crippen molar-refractivity contribution in [1.29, 1.82) is 0 Å². The summed E-state index contributed by atoms with van der Waals surface area (Å²) in [7, 11) is 0. The normalized spacial score (nSPS) is 17.9. The second-order valence-corrected chi connectivity index (χ2v) is 6.20. The molecule has 0 saturated carbocycles. The number of carbonyl (C=O) groups excluding carboxylic acids is 1. The number of halogens is 1. The van der Waals surface area contributed by atoms with Gasteiger partial charge in [-0.3, -0.25) is 4.79 Å². The van der Waals surface area contributed by atoms with Crippen molar-refractivity contribution in [2.24, 2.45) is 0 Å². The van der Waals surface area contributed by atoms with E-state index in [0.29, 0.717) is 10.6 Å². The summed E-state index contributed by atoms with van der Waals surface area (Å²) >= 11 is 6.06. The first-order chi connectivity index (χ1) is 11.2. The van der Waals surface area contributed by atoms with Gasteiger partial charge in [0, 0.05) is 17.6 Å². The minimum atomic E-state index is -0.0520. The van der Waals surface area contributed by atoms with Gasteiger partial charge in [0.05, 0.1) is 23.1 Å². The van der Waals surface area contributed by atoms with E-state index in [1.54, 1.807) is 10.9 Å². The molecule has 1 amide bonds. The topological polar surface area (TPSA) is 59.0 Å². The molecule has 122 valence electrons. The molecule has 0 bridgehead atoms. The summed E-state index contributed by atoms with van der Waals surface area (Å²) in [5, 5.41) is 11.5. The Balaban J connectivity index is 1.84. The number of piperidine rings is 1. The van der Waals surface area contributed by atoms with Crippen LogP contribution in [-0.4, -0.2) is 34.8 Å². The lowest BCUT2D eigenvalue weighted by Crippen LogP contribution is -2.45. The highest BCUT2D eigenvalue weighted by Gasteiger charge is 2.21. The van der Waals surface area contributed by atoms with Gasteiger partial charge >= 0.3 is 0 Å². The second kappa shape index (κ2) is 7.15. The molecule has 0 spiro atoms. The third-order valence-corrected chi connectivity index (χ3v) is 4.37. The minimum Gasteiger partial charge on any atom is -0.348 e. The molecule has 1 fully saturated rings. The molecule has 1 aliphatic rings. The standard InChI is InChI=1S/C17H21ClN4O/c1-2-16-15(17(23)21-13-6-4-8-19-10-13)11-20-22(16)14-7-3-5-12(18)9-14/h3,5,7,9,11,13,19H,2,4,6,8,10H2,1H3,(H,21,23)/t13-/m0/s1. The van der Waals surface area contributed by atoms with Crippen LogP contribution in [0, 0.1) is 0 Å². The first kappa shape index (κ1) is 16.0. The van der Waals surface area contributed by atoms with Gasteiger partial charge < -0.3 is 10.6 Å². The molecule has 0 unspecified atom stereocenters. The van der Waals surface area contributed by atoms with Crippen molar-refractivity contribution in [1.82, 2.24) is 20.4 Å². The summed E-state index contributed by atoms with van der Waals surface area (Å²) < 4.78 is 1.79.